The number of ether oxygens (including phenoxy) is 3. The van der Waals surface area contributed by atoms with Gasteiger partial charge in [0.2, 0.25) is 17.6 Å². The molecular formula is C25H31N3O6. The van der Waals surface area contributed by atoms with Gasteiger partial charge in [-0.15, -0.1) is 0 Å². The van der Waals surface area contributed by atoms with E-state index in [0.29, 0.717) is 47.3 Å². The molecule has 2 aromatic rings. The molecule has 9 heteroatoms. The molecule has 0 aromatic heterocycles. The van der Waals surface area contributed by atoms with Gasteiger partial charge in [-0.2, -0.15) is 0 Å². The van der Waals surface area contributed by atoms with Crippen molar-refractivity contribution in [2.24, 2.45) is 5.92 Å². The number of unbranched alkanes of at least 4 members (excludes halogenated alkanes) is 1. The Hall–Kier alpha value is -3.75. The van der Waals surface area contributed by atoms with Crippen LogP contribution in [0, 0.1) is 5.92 Å². The molecule has 0 unspecified atom stereocenters. The lowest BCUT2D eigenvalue weighted by atomic mass is 10.1. The van der Waals surface area contributed by atoms with Crippen molar-refractivity contribution in [1.29, 1.82) is 0 Å². The van der Waals surface area contributed by atoms with E-state index in [0.717, 1.165) is 12.8 Å². The molecule has 0 bridgehead atoms. The van der Waals surface area contributed by atoms with Crippen molar-refractivity contribution in [3.63, 3.8) is 0 Å². The highest BCUT2D eigenvalue weighted by atomic mass is 16.5. The zero-order valence-corrected chi connectivity index (χ0v) is 20.0. The highest BCUT2D eigenvalue weighted by molar-refractivity contribution is 6.05. The predicted molar refractivity (Wildman–Crippen MR) is 129 cm³/mol. The van der Waals surface area contributed by atoms with Gasteiger partial charge in [-0.05, 0) is 30.7 Å². The van der Waals surface area contributed by atoms with Crippen LogP contribution in [0.5, 0.6) is 17.2 Å². The molecule has 34 heavy (non-hydrogen) atoms. The molecule has 1 fully saturated rings. The number of rotatable bonds is 10. The van der Waals surface area contributed by atoms with Crippen LogP contribution in [-0.2, 0) is 9.59 Å². The summed E-state index contributed by atoms with van der Waals surface area (Å²) in [5.74, 6) is 0.408. The van der Waals surface area contributed by atoms with E-state index in [2.05, 4.69) is 17.6 Å². The van der Waals surface area contributed by atoms with E-state index >= 15 is 0 Å². The Morgan fingerprint density at radius 3 is 2.18 bits per heavy atom. The number of nitrogens with one attached hydrogen (secondary N) is 2. The second-order valence-corrected chi connectivity index (χ2v) is 8.03. The molecule has 3 rings (SSSR count). The summed E-state index contributed by atoms with van der Waals surface area (Å²) in [7, 11) is 4.51. The highest BCUT2D eigenvalue weighted by Gasteiger charge is 2.33. The van der Waals surface area contributed by atoms with E-state index in [-0.39, 0.29) is 30.1 Å². The molecule has 0 aliphatic carbocycles. The average Bonchev–Trinajstić information content (AvgIpc) is 3.22. The van der Waals surface area contributed by atoms with Crippen LogP contribution in [0.1, 0.15) is 36.5 Å². The smallest absolute Gasteiger partial charge is 0.255 e. The van der Waals surface area contributed by atoms with E-state index < -0.39 is 0 Å². The molecule has 0 saturated carbocycles. The van der Waals surface area contributed by atoms with Gasteiger partial charge in [-0.25, -0.2) is 0 Å². The number of amides is 3. The number of methoxy groups -OCH3 is 3. The van der Waals surface area contributed by atoms with Crippen molar-refractivity contribution < 1.29 is 28.6 Å². The van der Waals surface area contributed by atoms with Crippen LogP contribution >= 0.6 is 0 Å². The molecule has 1 heterocycles. The molecule has 1 aliphatic heterocycles. The molecule has 1 atom stereocenters. The number of anilines is 2. The van der Waals surface area contributed by atoms with Crippen molar-refractivity contribution in [3.8, 4) is 17.2 Å². The summed E-state index contributed by atoms with van der Waals surface area (Å²) in [5, 5.41) is 5.65. The predicted octanol–water partition coefficient (Wildman–Crippen LogP) is 3.55. The maximum Gasteiger partial charge on any atom is 0.255 e. The fourth-order valence-corrected chi connectivity index (χ4v) is 3.82. The van der Waals surface area contributed by atoms with Crippen LogP contribution in [0.4, 0.5) is 11.4 Å². The van der Waals surface area contributed by atoms with Crippen molar-refractivity contribution in [3.05, 3.63) is 42.0 Å². The summed E-state index contributed by atoms with van der Waals surface area (Å²) < 4.78 is 15.9. The Kier molecular flexibility index (Phi) is 8.34. The van der Waals surface area contributed by atoms with Crippen LogP contribution in [0.15, 0.2) is 36.4 Å². The minimum absolute atomic E-state index is 0.0208. The molecule has 3 amide bonds. The third-order valence-corrected chi connectivity index (χ3v) is 5.70. The van der Waals surface area contributed by atoms with E-state index in [1.165, 1.54) is 21.3 Å². The standard InChI is InChI=1S/C25H31N3O6/c1-5-6-11-28-15-17(12-22(28)29)25(31)26-18-9-7-16(8-10-18)24(30)27-19-13-20(32-2)23(34-4)21(14-19)33-3/h7-10,13-14,17H,5-6,11-12,15H2,1-4H3,(H,26,31)(H,27,30)/t17-/m1/s1. The fourth-order valence-electron chi connectivity index (χ4n) is 3.82. The van der Waals surface area contributed by atoms with E-state index in [1.54, 1.807) is 41.3 Å². The Morgan fingerprint density at radius 2 is 1.62 bits per heavy atom. The van der Waals surface area contributed by atoms with Crippen LogP contribution in [0.2, 0.25) is 0 Å². The number of hydrogen-bond acceptors (Lipinski definition) is 6. The number of likely N-dealkylation sites (tertiary alicyclic amines) is 1. The first-order valence-electron chi connectivity index (χ1n) is 11.2. The Labute approximate surface area is 199 Å². The fraction of sp³-hybridized carbons (Fsp3) is 0.400. The zero-order chi connectivity index (χ0) is 24.7. The molecule has 0 spiro atoms. The first-order valence-corrected chi connectivity index (χ1v) is 11.2. The van der Waals surface area contributed by atoms with Crippen molar-refractivity contribution in [1.82, 2.24) is 4.90 Å². The van der Waals surface area contributed by atoms with Crippen LogP contribution in [-0.4, -0.2) is 57.0 Å². The molecule has 1 aliphatic rings. The monoisotopic (exact) mass is 469 g/mol. The number of carbonyl (C=O) groups is 3. The first kappa shape index (κ1) is 24.9. The van der Waals surface area contributed by atoms with Crippen molar-refractivity contribution in [2.45, 2.75) is 26.2 Å². The van der Waals surface area contributed by atoms with Gasteiger partial charge in [0, 0.05) is 48.6 Å². The third kappa shape index (κ3) is 5.78. The van der Waals surface area contributed by atoms with Crippen LogP contribution in [0.3, 0.4) is 0 Å². The van der Waals surface area contributed by atoms with Gasteiger partial charge in [0.1, 0.15) is 0 Å². The number of carbonyl (C=O) groups excluding carboxylic acids is 3. The van der Waals surface area contributed by atoms with Crippen molar-refractivity contribution >= 4 is 29.1 Å². The van der Waals surface area contributed by atoms with Gasteiger partial charge in [-0.1, -0.05) is 13.3 Å². The summed E-state index contributed by atoms with van der Waals surface area (Å²) >= 11 is 0. The molecule has 0 radical (unpaired) electrons. The molecule has 9 nitrogen and oxygen atoms in total. The van der Waals surface area contributed by atoms with Crippen LogP contribution in [0.25, 0.3) is 0 Å². The summed E-state index contributed by atoms with van der Waals surface area (Å²) in [6.45, 7) is 3.20. The number of benzene rings is 2. The lowest BCUT2D eigenvalue weighted by Crippen LogP contribution is -2.29. The second kappa shape index (κ2) is 11.4. The number of hydrogen-bond donors (Lipinski definition) is 2. The zero-order valence-electron chi connectivity index (χ0n) is 20.0. The minimum Gasteiger partial charge on any atom is -0.493 e. The molecule has 182 valence electrons. The lowest BCUT2D eigenvalue weighted by Gasteiger charge is -2.16. The largest absolute Gasteiger partial charge is 0.493 e. The van der Waals surface area contributed by atoms with E-state index in [1.807, 2.05) is 0 Å². The van der Waals surface area contributed by atoms with Crippen LogP contribution < -0.4 is 24.8 Å². The lowest BCUT2D eigenvalue weighted by molar-refractivity contribution is -0.128. The second-order valence-electron chi connectivity index (χ2n) is 8.03. The number of nitrogens with zero attached hydrogens (tertiary/aromatic N) is 1. The summed E-state index contributed by atoms with van der Waals surface area (Å²) in [5.41, 5.74) is 1.46. The van der Waals surface area contributed by atoms with Gasteiger partial charge in [-0.3, -0.25) is 14.4 Å². The maximum absolute atomic E-state index is 12.7. The van der Waals surface area contributed by atoms with Gasteiger partial charge in [0.05, 0.1) is 27.2 Å². The SMILES string of the molecule is CCCCN1C[C@H](C(=O)Nc2ccc(C(=O)Nc3cc(OC)c(OC)c(OC)c3)cc2)CC1=O. The third-order valence-electron chi connectivity index (χ3n) is 5.70. The van der Waals surface area contributed by atoms with Gasteiger partial charge >= 0.3 is 0 Å². The summed E-state index contributed by atoms with van der Waals surface area (Å²) in [6.07, 6.45) is 2.16. The van der Waals surface area contributed by atoms with Gasteiger partial charge < -0.3 is 29.7 Å². The van der Waals surface area contributed by atoms with E-state index in [9.17, 15) is 14.4 Å². The van der Waals surface area contributed by atoms with E-state index in [4.69, 9.17) is 14.2 Å². The van der Waals surface area contributed by atoms with Gasteiger partial charge in [0.25, 0.3) is 5.91 Å². The summed E-state index contributed by atoms with van der Waals surface area (Å²) in [6, 6.07) is 9.84. The van der Waals surface area contributed by atoms with Gasteiger partial charge in [0.15, 0.2) is 11.5 Å². The highest BCUT2D eigenvalue weighted by Crippen LogP contribution is 2.40. The average molecular weight is 470 g/mol. The normalized spacial score (nSPS) is 15.1. The Bertz CT molecular complexity index is 1010. The molecule has 1 saturated heterocycles. The first-order chi connectivity index (χ1) is 16.4. The maximum atomic E-state index is 12.7. The molecular weight excluding hydrogens is 438 g/mol. The Balaban J connectivity index is 1.62. The molecule has 2 N–H and O–H groups in total. The topological polar surface area (TPSA) is 106 Å². The minimum atomic E-state index is -0.368. The Morgan fingerprint density at radius 1 is 0.971 bits per heavy atom. The molecule has 2 aromatic carbocycles. The van der Waals surface area contributed by atoms with Crippen molar-refractivity contribution in [2.75, 3.05) is 45.1 Å². The quantitative estimate of drug-likeness (QED) is 0.551. The summed E-state index contributed by atoms with van der Waals surface area (Å²) in [4.78, 5) is 39.2.